The Balaban J connectivity index is 2.83. The third-order valence-corrected chi connectivity index (χ3v) is 4.34. The van der Waals surface area contributed by atoms with E-state index in [4.69, 9.17) is 0 Å². The summed E-state index contributed by atoms with van der Waals surface area (Å²) in [5.74, 6) is 2.71. The van der Waals surface area contributed by atoms with Crippen molar-refractivity contribution in [2.45, 2.75) is 64.2 Å². The van der Waals surface area contributed by atoms with E-state index in [2.05, 4.69) is 12.5 Å². The van der Waals surface area contributed by atoms with Gasteiger partial charge in [0.15, 0.2) is 0 Å². The maximum absolute atomic E-state index is 2.21. The summed E-state index contributed by atoms with van der Waals surface area (Å²) in [7, 11) is 0. The molecule has 0 rings (SSSR count). The monoisotopic (exact) mass is 262 g/mol. The molecule has 2 heteroatoms. The van der Waals surface area contributed by atoms with E-state index in [9.17, 15) is 0 Å². The topological polar surface area (TPSA) is 0 Å². The van der Waals surface area contributed by atoms with Crippen molar-refractivity contribution in [2.75, 3.05) is 24.0 Å². The van der Waals surface area contributed by atoms with Crippen molar-refractivity contribution in [3.8, 4) is 0 Å². The third-order valence-electron chi connectivity index (χ3n) is 2.95. The van der Waals surface area contributed by atoms with E-state index in [1.165, 1.54) is 75.7 Å². The molecule has 0 saturated carbocycles. The van der Waals surface area contributed by atoms with Gasteiger partial charge in [0.1, 0.15) is 0 Å². The Labute approximate surface area is 112 Å². The number of unbranched alkanes of at least 4 members (excludes halogenated alkanes) is 9. The van der Waals surface area contributed by atoms with Crippen molar-refractivity contribution in [1.29, 1.82) is 0 Å². The summed E-state index contributed by atoms with van der Waals surface area (Å²) >= 11 is 3.96. The first-order valence-corrected chi connectivity index (χ1v) is 9.68. The molecule has 98 valence electrons. The molecule has 16 heavy (non-hydrogen) atoms. The van der Waals surface area contributed by atoms with E-state index < -0.39 is 0 Å². The standard InChI is InChI=1S/C14H30S2/c1-15-13-11-9-7-5-3-4-6-8-10-12-14-16-2/h3-14H2,1-2H3. The molecule has 0 radical (unpaired) electrons. The van der Waals surface area contributed by atoms with Gasteiger partial charge in [-0.25, -0.2) is 0 Å². The molecule has 0 N–H and O–H groups in total. The second-order valence-corrected chi connectivity index (χ2v) is 6.49. The van der Waals surface area contributed by atoms with Crippen LogP contribution in [0, 0.1) is 0 Å². The predicted molar refractivity (Wildman–Crippen MR) is 82.9 cm³/mol. The van der Waals surface area contributed by atoms with E-state index in [0.29, 0.717) is 0 Å². The summed E-state index contributed by atoms with van der Waals surface area (Å²) in [4.78, 5) is 0. The van der Waals surface area contributed by atoms with Crippen LogP contribution in [-0.4, -0.2) is 24.0 Å². The van der Waals surface area contributed by atoms with Crippen LogP contribution in [0.5, 0.6) is 0 Å². The molecule has 0 aliphatic heterocycles. The molecular formula is C14H30S2. The van der Waals surface area contributed by atoms with Crippen LogP contribution in [0.25, 0.3) is 0 Å². The van der Waals surface area contributed by atoms with Crippen LogP contribution in [0.2, 0.25) is 0 Å². The number of hydrogen-bond acceptors (Lipinski definition) is 2. The highest BCUT2D eigenvalue weighted by Gasteiger charge is 1.92. The Kier molecular flexibility index (Phi) is 16.4. The summed E-state index contributed by atoms with van der Waals surface area (Å²) in [6, 6.07) is 0. The quantitative estimate of drug-likeness (QED) is 0.395. The molecule has 0 heterocycles. The van der Waals surface area contributed by atoms with Gasteiger partial charge in [0, 0.05) is 0 Å². The normalized spacial score (nSPS) is 10.9. The molecule has 0 aromatic rings. The summed E-state index contributed by atoms with van der Waals surface area (Å²) in [6.45, 7) is 0. The molecule has 0 aliphatic carbocycles. The van der Waals surface area contributed by atoms with Gasteiger partial charge >= 0.3 is 0 Å². The molecule has 0 nitrogen and oxygen atoms in total. The van der Waals surface area contributed by atoms with Gasteiger partial charge in [-0.2, -0.15) is 23.5 Å². The zero-order valence-electron chi connectivity index (χ0n) is 11.3. The zero-order chi connectivity index (χ0) is 11.9. The first-order valence-electron chi connectivity index (χ1n) is 6.89. The number of thioether (sulfide) groups is 2. The van der Waals surface area contributed by atoms with Crippen molar-refractivity contribution < 1.29 is 0 Å². The maximum atomic E-state index is 2.21. The van der Waals surface area contributed by atoms with Crippen molar-refractivity contribution >= 4 is 23.5 Å². The van der Waals surface area contributed by atoms with Gasteiger partial charge in [-0.15, -0.1) is 0 Å². The fourth-order valence-electron chi connectivity index (χ4n) is 1.91. The molecule has 0 saturated heterocycles. The Morgan fingerprint density at radius 1 is 0.438 bits per heavy atom. The van der Waals surface area contributed by atoms with Crippen LogP contribution >= 0.6 is 23.5 Å². The summed E-state index contributed by atoms with van der Waals surface area (Å²) in [6.07, 6.45) is 19.0. The second kappa shape index (κ2) is 15.7. The Hall–Kier alpha value is 0.700. The lowest BCUT2D eigenvalue weighted by Crippen LogP contribution is -1.84. The van der Waals surface area contributed by atoms with Gasteiger partial charge in [0.05, 0.1) is 0 Å². The van der Waals surface area contributed by atoms with Crippen LogP contribution in [0.1, 0.15) is 64.2 Å². The molecule has 0 aromatic carbocycles. The molecule has 0 aliphatic rings. The molecular weight excluding hydrogens is 232 g/mol. The fraction of sp³-hybridized carbons (Fsp3) is 1.00. The van der Waals surface area contributed by atoms with Gasteiger partial charge in [0.2, 0.25) is 0 Å². The Bertz CT molecular complexity index is 101. The average molecular weight is 263 g/mol. The van der Waals surface area contributed by atoms with Crippen molar-refractivity contribution in [1.82, 2.24) is 0 Å². The van der Waals surface area contributed by atoms with Gasteiger partial charge in [-0.05, 0) is 36.9 Å². The van der Waals surface area contributed by atoms with Gasteiger partial charge in [-0.1, -0.05) is 51.4 Å². The van der Waals surface area contributed by atoms with Gasteiger partial charge in [0.25, 0.3) is 0 Å². The smallest absolute Gasteiger partial charge is 0.00703 e. The van der Waals surface area contributed by atoms with Crippen molar-refractivity contribution in [3.05, 3.63) is 0 Å². The molecule has 0 bridgehead atoms. The SMILES string of the molecule is CSCCCCCCCCCCCCSC. The van der Waals surface area contributed by atoms with Crippen LogP contribution in [0.4, 0.5) is 0 Å². The lowest BCUT2D eigenvalue weighted by molar-refractivity contribution is 0.564. The van der Waals surface area contributed by atoms with Crippen LogP contribution in [0.15, 0.2) is 0 Å². The van der Waals surface area contributed by atoms with E-state index >= 15 is 0 Å². The minimum atomic E-state index is 1.36. The fourth-order valence-corrected chi connectivity index (χ4v) is 2.89. The highest BCUT2D eigenvalue weighted by Crippen LogP contribution is 2.12. The summed E-state index contributed by atoms with van der Waals surface area (Å²) in [5, 5.41) is 0. The molecule has 0 unspecified atom stereocenters. The minimum Gasteiger partial charge on any atom is -0.165 e. The van der Waals surface area contributed by atoms with Crippen molar-refractivity contribution in [3.63, 3.8) is 0 Å². The summed E-state index contributed by atoms with van der Waals surface area (Å²) < 4.78 is 0. The van der Waals surface area contributed by atoms with E-state index in [0.717, 1.165) is 0 Å². The van der Waals surface area contributed by atoms with E-state index in [1.807, 2.05) is 23.5 Å². The third kappa shape index (κ3) is 14.7. The minimum absolute atomic E-state index is 1.36. The van der Waals surface area contributed by atoms with E-state index in [1.54, 1.807) is 0 Å². The summed E-state index contributed by atoms with van der Waals surface area (Å²) in [5.41, 5.74) is 0. The zero-order valence-corrected chi connectivity index (χ0v) is 12.9. The lowest BCUT2D eigenvalue weighted by Gasteiger charge is -2.02. The first-order chi connectivity index (χ1) is 7.91. The number of hydrogen-bond donors (Lipinski definition) is 0. The molecule has 0 atom stereocenters. The average Bonchev–Trinajstić information content (AvgIpc) is 2.31. The Morgan fingerprint density at radius 2 is 0.688 bits per heavy atom. The van der Waals surface area contributed by atoms with Gasteiger partial charge < -0.3 is 0 Å². The highest BCUT2D eigenvalue weighted by atomic mass is 32.2. The first kappa shape index (κ1) is 16.7. The van der Waals surface area contributed by atoms with Crippen LogP contribution in [0.3, 0.4) is 0 Å². The molecule has 0 spiro atoms. The maximum Gasteiger partial charge on any atom is -0.00703 e. The molecule has 0 amide bonds. The predicted octanol–water partition coefficient (Wildman–Crippen LogP) is 5.61. The lowest BCUT2D eigenvalue weighted by atomic mass is 10.1. The molecule has 0 aromatic heterocycles. The van der Waals surface area contributed by atoms with Crippen molar-refractivity contribution in [2.24, 2.45) is 0 Å². The largest absolute Gasteiger partial charge is 0.165 e. The highest BCUT2D eigenvalue weighted by molar-refractivity contribution is 7.98. The molecule has 0 fully saturated rings. The number of rotatable bonds is 13. The second-order valence-electron chi connectivity index (χ2n) is 4.52. The van der Waals surface area contributed by atoms with Crippen LogP contribution < -0.4 is 0 Å². The van der Waals surface area contributed by atoms with Crippen LogP contribution in [-0.2, 0) is 0 Å². The Morgan fingerprint density at radius 3 is 0.938 bits per heavy atom. The van der Waals surface area contributed by atoms with Gasteiger partial charge in [-0.3, -0.25) is 0 Å². The van der Waals surface area contributed by atoms with E-state index in [-0.39, 0.29) is 0 Å².